The van der Waals surface area contributed by atoms with Crippen LogP contribution in [-0.4, -0.2) is 17.8 Å². The van der Waals surface area contributed by atoms with E-state index < -0.39 is 0 Å². The summed E-state index contributed by atoms with van der Waals surface area (Å²) >= 11 is 1.88. The molecule has 1 atom stereocenters. The van der Waals surface area contributed by atoms with Crippen LogP contribution in [0.2, 0.25) is 0 Å². The van der Waals surface area contributed by atoms with Crippen LogP contribution >= 0.6 is 11.8 Å². The van der Waals surface area contributed by atoms with Crippen molar-refractivity contribution in [3.63, 3.8) is 0 Å². The fourth-order valence-electron chi connectivity index (χ4n) is 4.07. The van der Waals surface area contributed by atoms with E-state index in [-0.39, 0.29) is 17.5 Å². The van der Waals surface area contributed by atoms with Gasteiger partial charge in [0.15, 0.2) is 0 Å². The molecule has 1 rings (SSSR count). The van der Waals surface area contributed by atoms with Gasteiger partial charge in [-0.1, -0.05) is 79.2 Å². The van der Waals surface area contributed by atoms with Crippen LogP contribution in [0.15, 0.2) is 28.7 Å². The van der Waals surface area contributed by atoms with Crippen LogP contribution in [-0.2, 0) is 9.53 Å². The Morgan fingerprint density at radius 2 is 1.50 bits per heavy atom. The number of allylic oxidation sites excluding steroid dienone is 2. The Kier molecular flexibility index (Phi) is 11.6. The molecule has 0 radical (unpaired) electrons. The first kappa shape index (κ1) is 28.8. The third-order valence-electron chi connectivity index (χ3n) is 5.98. The molecular weight excluding hydrogens is 412 g/mol. The first-order valence-corrected chi connectivity index (χ1v) is 13.3. The molecule has 1 aromatic rings. The molecule has 0 aliphatic rings. The lowest BCUT2D eigenvalue weighted by Gasteiger charge is -2.30. The molecular formula is C29H48O2S. The zero-order chi connectivity index (χ0) is 24.6. The Hall–Kier alpha value is -1.22. The van der Waals surface area contributed by atoms with Gasteiger partial charge < -0.3 is 4.74 Å². The molecule has 0 spiro atoms. The minimum atomic E-state index is -0.181. The number of esters is 1. The van der Waals surface area contributed by atoms with Crippen LogP contribution in [0, 0.1) is 5.41 Å². The highest BCUT2D eigenvalue weighted by molar-refractivity contribution is 7.99. The van der Waals surface area contributed by atoms with Crippen molar-refractivity contribution in [2.24, 2.45) is 5.41 Å². The number of rotatable bonds is 12. The topological polar surface area (TPSA) is 26.3 Å². The third-order valence-corrected chi connectivity index (χ3v) is 7.28. The van der Waals surface area contributed by atoms with Crippen molar-refractivity contribution in [1.29, 1.82) is 0 Å². The van der Waals surface area contributed by atoms with Crippen molar-refractivity contribution in [3.05, 3.63) is 40.5 Å². The standard InChI is InChI=1S/C29H48O2S/c1-19(2)13-12-14-29(10,11)17-25(31-23(9)30)18-32-28-26(21(5)6)15-24(20(3)4)16-27(28)22(7)8/h13,15-16,20-22,25H,12,14,17-18H2,1-11H3. The molecule has 0 aliphatic heterocycles. The summed E-state index contributed by atoms with van der Waals surface area (Å²) in [5, 5.41) is 0. The van der Waals surface area contributed by atoms with Gasteiger partial charge in [0.05, 0.1) is 0 Å². The van der Waals surface area contributed by atoms with Gasteiger partial charge in [-0.15, -0.1) is 11.8 Å². The fraction of sp³-hybridized carbons (Fsp3) is 0.690. The monoisotopic (exact) mass is 460 g/mol. The Labute approximate surface area is 203 Å². The van der Waals surface area contributed by atoms with E-state index in [0.717, 1.165) is 25.0 Å². The molecule has 3 heteroatoms. The molecule has 1 unspecified atom stereocenters. The van der Waals surface area contributed by atoms with Crippen LogP contribution in [0.4, 0.5) is 0 Å². The number of carbonyl (C=O) groups is 1. The minimum Gasteiger partial charge on any atom is -0.462 e. The highest BCUT2D eigenvalue weighted by Gasteiger charge is 2.26. The van der Waals surface area contributed by atoms with Gasteiger partial charge in [0, 0.05) is 17.6 Å². The van der Waals surface area contributed by atoms with E-state index in [1.54, 1.807) is 0 Å². The maximum atomic E-state index is 11.9. The normalized spacial score (nSPS) is 13.1. The lowest BCUT2D eigenvalue weighted by Crippen LogP contribution is -2.27. The molecule has 0 bridgehead atoms. The van der Waals surface area contributed by atoms with Crippen molar-refractivity contribution >= 4 is 17.7 Å². The van der Waals surface area contributed by atoms with Gasteiger partial charge in [-0.25, -0.2) is 0 Å². The molecule has 0 N–H and O–H groups in total. The highest BCUT2D eigenvalue weighted by atomic mass is 32.2. The number of ether oxygens (including phenoxy) is 1. The van der Waals surface area contributed by atoms with Gasteiger partial charge in [-0.3, -0.25) is 4.79 Å². The Bertz CT molecular complexity index is 738. The van der Waals surface area contributed by atoms with E-state index >= 15 is 0 Å². The van der Waals surface area contributed by atoms with Crippen LogP contribution in [0.3, 0.4) is 0 Å². The highest BCUT2D eigenvalue weighted by Crippen LogP contribution is 2.40. The number of hydrogen-bond acceptors (Lipinski definition) is 3. The van der Waals surface area contributed by atoms with Crippen LogP contribution in [0.5, 0.6) is 0 Å². The molecule has 0 saturated heterocycles. The molecule has 32 heavy (non-hydrogen) atoms. The van der Waals surface area contributed by atoms with Crippen molar-refractivity contribution < 1.29 is 9.53 Å². The van der Waals surface area contributed by atoms with Gasteiger partial charge in [-0.2, -0.15) is 0 Å². The summed E-state index contributed by atoms with van der Waals surface area (Å²) in [6, 6.07) is 4.79. The first-order valence-electron chi connectivity index (χ1n) is 12.3. The smallest absolute Gasteiger partial charge is 0.302 e. The number of thioether (sulfide) groups is 1. The summed E-state index contributed by atoms with van der Waals surface area (Å²) in [7, 11) is 0. The zero-order valence-electron chi connectivity index (χ0n) is 22.6. The summed E-state index contributed by atoms with van der Waals surface area (Å²) in [5.41, 5.74) is 5.75. The molecule has 0 aliphatic carbocycles. The van der Waals surface area contributed by atoms with Gasteiger partial charge in [0.1, 0.15) is 6.10 Å². The maximum Gasteiger partial charge on any atom is 0.302 e. The summed E-state index contributed by atoms with van der Waals surface area (Å²) in [6.45, 7) is 24.1. The van der Waals surface area contributed by atoms with Crippen molar-refractivity contribution in [1.82, 2.24) is 0 Å². The molecule has 182 valence electrons. The average molecular weight is 461 g/mol. The van der Waals surface area contributed by atoms with E-state index in [1.165, 1.54) is 34.1 Å². The summed E-state index contributed by atoms with van der Waals surface area (Å²) in [4.78, 5) is 13.3. The summed E-state index contributed by atoms with van der Waals surface area (Å²) < 4.78 is 5.82. The molecule has 2 nitrogen and oxygen atoms in total. The molecule has 0 fully saturated rings. The maximum absolute atomic E-state index is 11.9. The third kappa shape index (κ3) is 9.73. The minimum absolute atomic E-state index is 0.0796. The summed E-state index contributed by atoms with van der Waals surface area (Å²) in [6.07, 6.45) is 5.27. The van der Waals surface area contributed by atoms with Crippen LogP contribution in [0.1, 0.15) is 130 Å². The van der Waals surface area contributed by atoms with Crippen LogP contribution in [0.25, 0.3) is 0 Å². The van der Waals surface area contributed by atoms with Gasteiger partial charge in [-0.05, 0) is 73.0 Å². The lowest BCUT2D eigenvalue weighted by molar-refractivity contribution is -0.146. The SMILES string of the molecule is CC(=O)OC(CSc1c(C(C)C)cc(C(C)C)cc1C(C)C)CC(C)(C)CCC=C(C)C. The molecule has 0 aromatic heterocycles. The molecule has 0 amide bonds. The van der Waals surface area contributed by atoms with Gasteiger partial charge in [0.2, 0.25) is 0 Å². The predicted molar refractivity (Wildman–Crippen MR) is 142 cm³/mol. The van der Waals surface area contributed by atoms with E-state index in [4.69, 9.17) is 4.74 Å². The molecule has 0 saturated carbocycles. The fourth-order valence-corrected chi connectivity index (χ4v) is 5.53. The second-order valence-electron chi connectivity index (χ2n) is 11.2. The van der Waals surface area contributed by atoms with Crippen LogP contribution < -0.4 is 0 Å². The largest absolute Gasteiger partial charge is 0.462 e. The zero-order valence-corrected chi connectivity index (χ0v) is 23.4. The lowest BCUT2D eigenvalue weighted by atomic mass is 9.82. The average Bonchev–Trinajstić information content (AvgIpc) is 2.63. The van der Waals surface area contributed by atoms with E-state index in [0.29, 0.717) is 17.8 Å². The Morgan fingerprint density at radius 3 is 1.91 bits per heavy atom. The Morgan fingerprint density at radius 1 is 0.969 bits per heavy atom. The van der Waals surface area contributed by atoms with Gasteiger partial charge in [0.25, 0.3) is 0 Å². The van der Waals surface area contributed by atoms with Crippen molar-refractivity contribution in [2.45, 2.75) is 124 Å². The van der Waals surface area contributed by atoms with E-state index in [1.807, 2.05) is 11.8 Å². The van der Waals surface area contributed by atoms with Crippen molar-refractivity contribution in [2.75, 3.05) is 5.75 Å². The van der Waals surface area contributed by atoms with Gasteiger partial charge >= 0.3 is 5.97 Å². The van der Waals surface area contributed by atoms with E-state index in [2.05, 4.69) is 87.4 Å². The number of carbonyl (C=O) groups excluding carboxylic acids is 1. The summed E-state index contributed by atoms with van der Waals surface area (Å²) in [5.74, 6) is 2.05. The Balaban J connectivity index is 3.16. The van der Waals surface area contributed by atoms with Crippen molar-refractivity contribution in [3.8, 4) is 0 Å². The predicted octanol–water partition coefficient (Wildman–Crippen LogP) is 9.24. The second-order valence-corrected chi connectivity index (χ2v) is 12.3. The molecule has 0 heterocycles. The number of benzene rings is 1. The number of hydrogen-bond donors (Lipinski definition) is 0. The second kappa shape index (κ2) is 12.9. The first-order chi connectivity index (χ1) is 14.7. The van der Waals surface area contributed by atoms with E-state index in [9.17, 15) is 4.79 Å². The molecule has 1 aromatic carbocycles. The quantitative estimate of drug-likeness (QED) is 0.177.